The molecule has 1 nitrogen and oxygen atoms in total. The maximum absolute atomic E-state index is 13.4. The van der Waals surface area contributed by atoms with Crippen molar-refractivity contribution in [1.29, 1.82) is 0 Å². The standard InChI is InChI=1S/C15H12Br2FN/c16-9-11-2-4-13(8-14(11)17)19-6-5-10-1-3-12(18)7-15(10)19/h1-4,7-8H,5-6,9H2. The first kappa shape index (κ1) is 13.1. The van der Waals surface area contributed by atoms with Crippen molar-refractivity contribution in [1.82, 2.24) is 0 Å². The first-order chi connectivity index (χ1) is 9.19. The van der Waals surface area contributed by atoms with E-state index in [1.54, 1.807) is 6.07 Å². The average Bonchev–Trinajstić information content (AvgIpc) is 2.81. The van der Waals surface area contributed by atoms with E-state index in [9.17, 15) is 4.39 Å². The van der Waals surface area contributed by atoms with Crippen LogP contribution in [-0.2, 0) is 11.8 Å². The van der Waals surface area contributed by atoms with Gasteiger partial charge in [-0.1, -0.05) is 44.0 Å². The van der Waals surface area contributed by atoms with E-state index in [4.69, 9.17) is 0 Å². The molecule has 0 N–H and O–H groups in total. The summed E-state index contributed by atoms with van der Waals surface area (Å²) in [4.78, 5) is 2.17. The smallest absolute Gasteiger partial charge is 0.125 e. The van der Waals surface area contributed by atoms with Gasteiger partial charge in [-0.25, -0.2) is 4.39 Å². The molecule has 0 saturated carbocycles. The molecule has 0 unspecified atom stereocenters. The normalized spacial score (nSPS) is 13.7. The van der Waals surface area contributed by atoms with Gasteiger partial charge in [0.1, 0.15) is 5.82 Å². The molecule has 0 spiro atoms. The Bertz CT molecular complexity index is 628. The summed E-state index contributed by atoms with van der Waals surface area (Å²) in [5, 5.41) is 0.819. The van der Waals surface area contributed by atoms with E-state index in [0.29, 0.717) is 0 Å². The molecule has 0 fully saturated rings. The SMILES string of the molecule is Fc1ccc2c(c1)N(c1ccc(CBr)c(Br)c1)CC2. The van der Waals surface area contributed by atoms with Crippen molar-refractivity contribution < 1.29 is 4.39 Å². The number of nitrogens with zero attached hydrogens (tertiary/aromatic N) is 1. The highest BCUT2D eigenvalue weighted by molar-refractivity contribution is 9.10. The molecule has 2 aromatic carbocycles. The summed E-state index contributed by atoms with van der Waals surface area (Å²) < 4.78 is 14.5. The van der Waals surface area contributed by atoms with Gasteiger partial charge in [0.2, 0.25) is 0 Å². The Morgan fingerprint density at radius 3 is 2.74 bits per heavy atom. The number of halogens is 3. The van der Waals surface area contributed by atoms with Crippen molar-refractivity contribution in [3.05, 3.63) is 57.8 Å². The van der Waals surface area contributed by atoms with Gasteiger partial charge in [0.25, 0.3) is 0 Å². The van der Waals surface area contributed by atoms with E-state index in [1.165, 1.54) is 17.2 Å². The number of anilines is 2. The second kappa shape index (κ2) is 5.25. The lowest BCUT2D eigenvalue weighted by atomic mass is 10.1. The molecule has 0 saturated heterocycles. The molecule has 19 heavy (non-hydrogen) atoms. The quantitative estimate of drug-likeness (QED) is 0.645. The zero-order valence-corrected chi connectivity index (χ0v) is 13.3. The van der Waals surface area contributed by atoms with E-state index < -0.39 is 0 Å². The Morgan fingerprint density at radius 1 is 1.16 bits per heavy atom. The van der Waals surface area contributed by atoms with Crippen LogP contribution >= 0.6 is 31.9 Å². The monoisotopic (exact) mass is 383 g/mol. The third-order valence-corrected chi connectivity index (χ3v) is 4.78. The van der Waals surface area contributed by atoms with Crippen LogP contribution in [0.1, 0.15) is 11.1 Å². The Hall–Kier alpha value is -0.870. The molecule has 1 heterocycles. The minimum Gasteiger partial charge on any atom is -0.341 e. The van der Waals surface area contributed by atoms with Gasteiger partial charge in [-0.2, -0.15) is 0 Å². The molecular weight excluding hydrogens is 373 g/mol. The number of alkyl halides is 1. The van der Waals surface area contributed by atoms with Crippen LogP contribution in [0.2, 0.25) is 0 Å². The predicted molar refractivity (Wildman–Crippen MR) is 83.9 cm³/mol. The van der Waals surface area contributed by atoms with Crippen LogP contribution in [-0.4, -0.2) is 6.54 Å². The fourth-order valence-corrected chi connectivity index (χ4v) is 3.81. The van der Waals surface area contributed by atoms with Gasteiger partial charge in [-0.05, 0) is 41.8 Å². The molecule has 4 heteroatoms. The van der Waals surface area contributed by atoms with Gasteiger partial charge in [-0.15, -0.1) is 0 Å². The molecule has 1 aliphatic heterocycles. The predicted octanol–water partition coefficient (Wildman–Crippen LogP) is 5.18. The van der Waals surface area contributed by atoms with E-state index in [1.807, 2.05) is 6.07 Å². The summed E-state index contributed by atoms with van der Waals surface area (Å²) in [6.07, 6.45) is 0.966. The van der Waals surface area contributed by atoms with E-state index in [-0.39, 0.29) is 5.82 Å². The number of hydrogen-bond acceptors (Lipinski definition) is 1. The second-order valence-electron chi connectivity index (χ2n) is 4.58. The third-order valence-electron chi connectivity index (χ3n) is 3.44. The number of benzene rings is 2. The van der Waals surface area contributed by atoms with Gasteiger partial charge in [-0.3, -0.25) is 0 Å². The van der Waals surface area contributed by atoms with Crippen LogP contribution in [0.4, 0.5) is 15.8 Å². The maximum Gasteiger partial charge on any atom is 0.125 e. The van der Waals surface area contributed by atoms with Crippen LogP contribution in [0.15, 0.2) is 40.9 Å². The third kappa shape index (κ3) is 2.43. The Morgan fingerprint density at radius 2 is 2.00 bits per heavy atom. The topological polar surface area (TPSA) is 3.24 Å². The lowest BCUT2D eigenvalue weighted by molar-refractivity contribution is 0.628. The molecule has 98 valence electrons. The summed E-state index contributed by atoms with van der Waals surface area (Å²) in [6.45, 7) is 0.902. The lowest BCUT2D eigenvalue weighted by Gasteiger charge is -2.20. The zero-order valence-electron chi connectivity index (χ0n) is 10.2. The molecule has 0 bridgehead atoms. The Kier molecular flexibility index (Phi) is 3.63. The maximum atomic E-state index is 13.4. The molecule has 0 aliphatic carbocycles. The molecule has 0 radical (unpaired) electrons. The number of fused-ring (bicyclic) bond motifs is 1. The zero-order chi connectivity index (χ0) is 13.4. The molecular formula is C15H12Br2FN. The first-order valence-corrected chi connectivity index (χ1v) is 8.01. The minimum absolute atomic E-state index is 0.179. The second-order valence-corrected chi connectivity index (χ2v) is 6.00. The van der Waals surface area contributed by atoms with Gasteiger partial charge in [0, 0.05) is 27.7 Å². The van der Waals surface area contributed by atoms with Crippen molar-refractivity contribution in [2.45, 2.75) is 11.8 Å². The summed E-state index contributed by atoms with van der Waals surface area (Å²) in [5.41, 5.74) is 4.50. The molecule has 3 rings (SSSR count). The molecule has 0 amide bonds. The van der Waals surface area contributed by atoms with Crippen molar-refractivity contribution in [3.8, 4) is 0 Å². The van der Waals surface area contributed by atoms with E-state index >= 15 is 0 Å². The van der Waals surface area contributed by atoms with Crippen LogP contribution in [0, 0.1) is 5.82 Å². The Labute approximate surface area is 128 Å². The van der Waals surface area contributed by atoms with E-state index in [0.717, 1.165) is 34.1 Å². The van der Waals surface area contributed by atoms with Crippen molar-refractivity contribution in [2.75, 3.05) is 11.4 Å². The van der Waals surface area contributed by atoms with E-state index in [2.05, 4.69) is 55.0 Å². The molecule has 0 aromatic heterocycles. The van der Waals surface area contributed by atoms with Gasteiger partial charge >= 0.3 is 0 Å². The molecule has 0 atom stereocenters. The fourth-order valence-electron chi connectivity index (χ4n) is 2.43. The minimum atomic E-state index is -0.179. The van der Waals surface area contributed by atoms with Crippen molar-refractivity contribution in [2.24, 2.45) is 0 Å². The molecule has 1 aliphatic rings. The highest BCUT2D eigenvalue weighted by atomic mass is 79.9. The number of rotatable bonds is 2. The van der Waals surface area contributed by atoms with Crippen LogP contribution in [0.25, 0.3) is 0 Å². The summed E-state index contributed by atoms with van der Waals surface area (Å²) in [6, 6.07) is 11.3. The largest absolute Gasteiger partial charge is 0.341 e. The van der Waals surface area contributed by atoms with Gasteiger partial charge < -0.3 is 4.90 Å². The highest BCUT2D eigenvalue weighted by Gasteiger charge is 2.21. The summed E-state index contributed by atoms with van der Waals surface area (Å²) in [5.74, 6) is -0.179. The highest BCUT2D eigenvalue weighted by Crippen LogP contribution is 2.36. The molecule has 2 aromatic rings. The summed E-state index contributed by atoms with van der Waals surface area (Å²) >= 11 is 7.04. The van der Waals surface area contributed by atoms with Crippen LogP contribution < -0.4 is 4.90 Å². The fraction of sp³-hybridized carbons (Fsp3) is 0.200. The summed E-state index contributed by atoms with van der Waals surface area (Å²) in [7, 11) is 0. The lowest BCUT2D eigenvalue weighted by Crippen LogP contribution is -2.13. The van der Waals surface area contributed by atoms with Crippen LogP contribution in [0.3, 0.4) is 0 Å². The van der Waals surface area contributed by atoms with Gasteiger partial charge in [0.05, 0.1) is 0 Å². The van der Waals surface area contributed by atoms with Crippen LogP contribution in [0.5, 0.6) is 0 Å². The number of hydrogen-bond donors (Lipinski definition) is 0. The Balaban J connectivity index is 2.01. The van der Waals surface area contributed by atoms with Crippen molar-refractivity contribution >= 4 is 43.2 Å². The van der Waals surface area contributed by atoms with Crippen molar-refractivity contribution in [3.63, 3.8) is 0 Å². The first-order valence-electron chi connectivity index (χ1n) is 6.09. The average molecular weight is 385 g/mol. The van der Waals surface area contributed by atoms with Gasteiger partial charge in [0.15, 0.2) is 0 Å².